The van der Waals surface area contributed by atoms with Crippen molar-refractivity contribution < 1.29 is 14.5 Å². The Kier molecular flexibility index (Phi) is 4.10. The molecule has 0 bridgehead atoms. The van der Waals surface area contributed by atoms with Crippen LogP contribution in [0.15, 0.2) is 28.7 Å². The van der Waals surface area contributed by atoms with Gasteiger partial charge in [-0.25, -0.2) is 0 Å². The van der Waals surface area contributed by atoms with Crippen molar-refractivity contribution in [1.29, 1.82) is 0 Å². The molecular weight excluding hydrogens is 378 g/mol. The number of nitro benzene ring substituents is 1. The molecule has 24 heavy (non-hydrogen) atoms. The van der Waals surface area contributed by atoms with Crippen LogP contribution in [-0.2, 0) is 0 Å². The molecule has 0 unspecified atom stereocenters. The van der Waals surface area contributed by atoms with Crippen molar-refractivity contribution in [3.63, 3.8) is 0 Å². The molecule has 8 heteroatoms. The number of hydrogen-bond acceptors (Lipinski definition) is 5. The highest BCUT2D eigenvalue weighted by Crippen LogP contribution is 2.39. The average molecular weight is 392 g/mol. The number of likely N-dealkylation sites (N-methyl/N-ethyl adjacent to an activating group) is 1. The van der Waals surface area contributed by atoms with E-state index in [9.17, 15) is 19.7 Å². The predicted octanol–water partition coefficient (Wildman–Crippen LogP) is 2.67. The summed E-state index contributed by atoms with van der Waals surface area (Å²) in [5.41, 5.74) is 0.384. The summed E-state index contributed by atoms with van der Waals surface area (Å²) in [4.78, 5) is 39.2. The summed E-state index contributed by atoms with van der Waals surface area (Å²) in [6.45, 7) is 0.742. The van der Waals surface area contributed by atoms with Gasteiger partial charge in [0.25, 0.3) is 17.5 Å². The lowest BCUT2D eigenvalue weighted by molar-refractivity contribution is -0.385. The quantitative estimate of drug-likeness (QED) is 0.454. The van der Waals surface area contributed by atoms with Gasteiger partial charge < -0.3 is 4.90 Å². The lowest BCUT2D eigenvalue weighted by Crippen LogP contribution is -2.43. The van der Waals surface area contributed by atoms with Crippen molar-refractivity contribution in [2.24, 2.45) is 0 Å². The number of rotatable bonds is 4. The van der Waals surface area contributed by atoms with Crippen molar-refractivity contribution in [1.82, 2.24) is 9.80 Å². The van der Waals surface area contributed by atoms with Crippen LogP contribution in [0, 0.1) is 10.1 Å². The van der Waals surface area contributed by atoms with Gasteiger partial charge in [0.05, 0.1) is 10.5 Å². The van der Waals surface area contributed by atoms with Crippen LogP contribution >= 0.6 is 15.9 Å². The van der Waals surface area contributed by atoms with Crippen LogP contribution in [0.25, 0.3) is 10.8 Å². The van der Waals surface area contributed by atoms with E-state index < -0.39 is 10.8 Å². The zero-order valence-electron chi connectivity index (χ0n) is 13.1. The fraction of sp³-hybridized carbons (Fsp3) is 0.250. The van der Waals surface area contributed by atoms with E-state index in [2.05, 4.69) is 15.9 Å². The highest BCUT2D eigenvalue weighted by Gasteiger charge is 2.35. The molecule has 0 spiro atoms. The van der Waals surface area contributed by atoms with Gasteiger partial charge in [-0.2, -0.15) is 0 Å². The minimum Gasteiger partial charge on any atom is -0.308 e. The maximum Gasteiger partial charge on any atom is 0.284 e. The normalized spacial score (nSPS) is 13.9. The molecule has 0 saturated heterocycles. The zero-order valence-corrected chi connectivity index (χ0v) is 14.7. The van der Waals surface area contributed by atoms with Crippen LogP contribution in [0.2, 0.25) is 0 Å². The first-order chi connectivity index (χ1) is 11.3. The molecule has 1 aliphatic heterocycles. The summed E-state index contributed by atoms with van der Waals surface area (Å²) in [5, 5.41) is 12.2. The minimum absolute atomic E-state index is 0.189. The van der Waals surface area contributed by atoms with Crippen LogP contribution in [0.4, 0.5) is 5.69 Å². The minimum atomic E-state index is -0.541. The van der Waals surface area contributed by atoms with E-state index in [0.29, 0.717) is 22.9 Å². The lowest BCUT2D eigenvalue weighted by Gasteiger charge is -2.28. The van der Waals surface area contributed by atoms with Gasteiger partial charge in [0, 0.05) is 35.5 Å². The fourth-order valence-electron chi connectivity index (χ4n) is 2.80. The van der Waals surface area contributed by atoms with Gasteiger partial charge >= 0.3 is 0 Å². The Balaban J connectivity index is 2.25. The van der Waals surface area contributed by atoms with E-state index >= 15 is 0 Å². The first-order valence-corrected chi connectivity index (χ1v) is 8.02. The van der Waals surface area contributed by atoms with Crippen molar-refractivity contribution in [3.05, 3.63) is 50.0 Å². The molecule has 2 aromatic rings. The Morgan fingerprint density at radius 3 is 2.50 bits per heavy atom. The van der Waals surface area contributed by atoms with Gasteiger partial charge in [-0.15, -0.1) is 0 Å². The van der Waals surface area contributed by atoms with Crippen molar-refractivity contribution in [2.75, 3.05) is 27.2 Å². The van der Waals surface area contributed by atoms with E-state index in [0.717, 1.165) is 4.90 Å². The number of amides is 2. The van der Waals surface area contributed by atoms with Gasteiger partial charge in [-0.3, -0.25) is 24.6 Å². The molecule has 0 radical (unpaired) electrons. The number of carbonyl (C=O) groups is 2. The molecule has 0 saturated carbocycles. The topological polar surface area (TPSA) is 83.8 Å². The summed E-state index contributed by atoms with van der Waals surface area (Å²) >= 11 is 3.22. The second-order valence-electron chi connectivity index (χ2n) is 5.81. The highest BCUT2D eigenvalue weighted by molar-refractivity contribution is 9.10. The number of nitrogens with zero attached hydrogens (tertiary/aromatic N) is 3. The molecule has 0 aliphatic carbocycles. The third kappa shape index (κ3) is 2.47. The van der Waals surface area contributed by atoms with Gasteiger partial charge in [-0.05, 0) is 36.1 Å². The van der Waals surface area contributed by atoms with Gasteiger partial charge in [0.1, 0.15) is 4.47 Å². The SMILES string of the molecule is CN(C)CCN1C(=O)c2cccc3c(Br)c([N+](=O)[O-])cc(c23)C1=O. The third-order valence-electron chi connectivity index (χ3n) is 3.99. The zero-order chi connectivity index (χ0) is 17.6. The van der Waals surface area contributed by atoms with Gasteiger partial charge in [-0.1, -0.05) is 12.1 Å². The summed E-state index contributed by atoms with van der Waals surface area (Å²) in [6, 6.07) is 6.21. The Hall–Kier alpha value is -2.32. The Morgan fingerprint density at radius 2 is 1.88 bits per heavy atom. The summed E-state index contributed by atoms with van der Waals surface area (Å²) in [7, 11) is 3.69. The molecule has 3 rings (SSSR count). The molecule has 7 nitrogen and oxygen atoms in total. The molecule has 2 amide bonds. The van der Waals surface area contributed by atoms with Gasteiger partial charge in [0.15, 0.2) is 0 Å². The number of benzene rings is 2. The third-order valence-corrected chi connectivity index (χ3v) is 4.83. The van der Waals surface area contributed by atoms with E-state index in [4.69, 9.17) is 0 Å². The van der Waals surface area contributed by atoms with E-state index in [1.165, 1.54) is 6.07 Å². The smallest absolute Gasteiger partial charge is 0.284 e. The second-order valence-corrected chi connectivity index (χ2v) is 6.60. The number of imide groups is 1. The van der Waals surface area contributed by atoms with E-state index in [-0.39, 0.29) is 28.2 Å². The van der Waals surface area contributed by atoms with Gasteiger partial charge in [0.2, 0.25) is 0 Å². The number of hydrogen-bond donors (Lipinski definition) is 0. The van der Waals surface area contributed by atoms with Crippen molar-refractivity contribution in [2.45, 2.75) is 0 Å². The summed E-state index contributed by atoms with van der Waals surface area (Å²) in [5.74, 6) is -0.873. The molecule has 0 N–H and O–H groups in total. The standard InChI is InChI=1S/C16H14BrN3O4/c1-18(2)6-7-19-15(21)10-5-3-4-9-13(10)11(16(19)22)8-12(14(9)17)20(23)24/h3-5,8H,6-7H2,1-2H3. The molecule has 1 heterocycles. The highest BCUT2D eigenvalue weighted by atomic mass is 79.9. The van der Waals surface area contributed by atoms with Crippen LogP contribution in [0.5, 0.6) is 0 Å². The molecule has 0 atom stereocenters. The van der Waals surface area contributed by atoms with Crippen LogP contribution in [-0.4, -0.2) is 53.7 Å². The first kappa shape index (κ1) is 16.5. The summed E-state index contributed by atoms with van der Waals surface area (Å²) < 4.78 is 0.274. The van der Waals surface area contributed by atoms with Crippen LogP contribution in [0.1, 0.15) is 20.7 Å². The Morgan fingerprint density at radius 1 is 1.21 bits per heavy atom. The Labute approximate surface area is 146 Å². The number of nitro groups is 1. The predicted molar refractivity (Wildman–Crippen MR) is 92.2 cm³/mol. The Bertz CT molecular complexity index is 895. The number of carbonyl (C=O) groups excluding carboxylic acids is 2. The van der Waals surface area contributed by atoms with Crippen LogP contribution < -0.4 is 0 Å². The summed E-state index contributed by atoms with van der Waals surface area (Å²) in [6.07, 6.45) is 0. The molecular formula is C16H14BrN3O4. The van der Waals surface area contributed by atoms with Crippen LogP contribution in [0.3, 0.4) is 0 Å². The molecule has 0 aromatic heterocycles. The van der Waals surface area contributed by atoms with Crippen molar-refractivity contribution in [3.8, 4) is 0 Å². The second kappa shape index (κ2) is 5.95. The fourth-order valence-corrected chi connectivity index (χ4v) is 3.39. The maximum atomic E-state index is 12.8. The molecule has 124 valence electrons. The molecule has 1 aliphatic rings. The monoisotopic (exact) mass is 391 g/mol. The van der Waals surface area contributed by atoms with Crippen molar-refractivity contribution >= 4 is 44.2 Å². The number of halogens is 1. The largest absolute Gasteiger partial charge is 0.308 e. The van der Waals surface area contributed by atoms with E-state index in [1.807, 2.05) is 19.0 Å². The molecule has 2 aromatic carbocycles. The average Bonchev–Trinajstić information content (AvgIpc) is 2.53. The lowest BCUT2D eigenvalue weighted by atomic mass is 9.93. The van der Waals surface area contributed by atoms with E-state index in [1.54, 1.807) is 18.2 Å². The molecule has 0 fully saturated rings. The maximum absolute atomic E-state index is 12.8. The first-order valence-electron chi connectivity index (χ1n) is 7.23.